The minimum Gasteiger partial charge on any atom is -0.354 e. The smallest absolute Gasteiger partial charge is 0.243 e. The summed E-state index contributed by atoms with van der Waals surface area (Å²) < 4.78 is 0. The fourth-order valence-corrected chi connectivity index (χ4v) is 3.00. The van der Waals surface area contributed by atoms with E-state index >= 15 is 0 Å². The zero-order valence-electron chi connectivity index (χ0n) is 18.2. The average molecular weight is 384 g/mol. The number of amides is 2. The summed E-state index contributed by atoms with van der Waals surface area (Å²) in [7, 11) is 0. The zero-order chi connectivity index (χ0) is 20.2. The number of hydrogen-bond acceptors (Lipinski definition) is 3. The molecule has 0 aromatic rings. The van der Waals surface area contributed by atoms with Crippen LogP contribution in [-0.4, -0.2) is 37.5 Å². The third-order valence-corrected chi connectivity index (χ3v) is 4.79. The number of hydrogen-bond donors (Lipinski definition) is 3. The maximum Gasteiger partial charge on any atom is 0.243 e. The van der Waals surface area contributed by atoms with Gasteiger partial charge in [0.2, 0.25) is 11.8 Å². The Morgan fingerprint density at radius 2 is 1.26 bits per heavy atom. The predicted octanol–water partition coefficient (Wildman–Crippen LogP) is 4.31. The lowest BCUT2D eigenvalue weighted by Gasteiger charge is -2.19. The van der Waals surface area contributed by atoms with Gasteiger partial charge in [-0.15, -0.1) is 0 Å². The summed E-state index contributed by atoms with van der Waals surface area (Å²) in [5, 5.41) is 9.27. The SMILES string of the molecule is CCCCCCNC[C@H](NC(=O)CCCCCC)C(=O)NCCCCCC. The van der Waals surface area contributed by atoms with Gasteiger partial charge in [-0.05, 0) is 25.8 Å². The van der Waals surface area contributed by atoms with Crippen LogP contribution in [0.25, 0.3) is 0 Å². The molecule has 0 rings (SSSR count). The lowest BCUT2D eigenvalue weighted by atomic mass is 10.1. The normalized spacial score (nSPS) is 12.0. The van der Waals surface area contributed by atoms with Crippen molar-refractivity contribution in [1.82, 2.24) is 16.0 Å². The van der Waals surface area contributed by atoms with E-state index in [1.807, 2.05) is 0 Å². The topological polar surface area (TPSA) is 70.2 Å². The molecule has 27 heavy (non-hydrogen) atoms. The standard InChI is InChI=1S/C22H45N3O2/c1-4-7-10-13-16-21(26)25-20(19-23-17-14-11-8-5-2)22(27)24-18-15-12-9-6-3/h20,23H,4-19H2,1-3H3,(H,24,27)(H,25,26)/t20-/m0/s1. The van der Waals surface area contributed by atoms with Crippen molar-refractivity contribution in [2.45, 2.75) is 110 Å². The largest absolute Gasteiger partial charge is 0.354 e. The van der Waals surface area contributed by atoms with Gasteiger partial charge in [0.05, 0.1) is 0 Å². The second-order valence-corrected chi connectivity index (χ2v) is 7.55. The highest BCUT2D eigenvalue weighted by Gasteiger charge is 2.19. The number of carbonyl (C=O) groups is 2. The second kappa shape index (κ2) is 19.7. The van der Waals surface area contributed by atoms with Gasteiger partial charge in [0.25, 0.3) is 0 Å². The number of unbranched alkanes of at least 4 members (excludes halogenated alkanes) is 9. The van der Waals surface area contributed by atoms with Crippen molar-refractivity contribution in [2.75, 3.05) is 19.6 Å². The van der Waals surface area contributed by atoms with Crippen LogP contribution in [0.5, 0.6) is 0 Å². The predicted molar refractivity (Wildman–Crippen MR) is 115 cm³/mol. The van der Waals surface area contributed by atoms with Gasteiger partial charge in [-0.3, -0.25) is 9.59 Å². The maximum absolute atomic E-state index is 12.5. The van der Waals surface area contributed by atoms with Crippen LogP contribution in [0, 0.1) is 0 Å². The second-order valence-electron chi connectivity index (χ2n) is 7.55. The van der Waals surface area contributed by atoms with E-state index in [2.05, 4.69) is 36.7 Å². The molecule has 2 amide bonds. The highest BCUT2D eigenvalue weighted by molar-refractivity contribution is 5.87. The zero-order valence-corrected chi connectivity index (χ0v) is 18.2. The van der Waals surface area contributed by atoms with Crippen molar-refractivity contribution < 1.29 is 9.59 Å². The first-order valence-corrected chi connectivity index (χ1v) is 11.4. The molecule has 0 radical (unpaired) electrons. The van der Waals surface area contributed by atoms with E-state index in [0.29, 0.717) is 19.5 Å². The number of rotatable bonds is 19. The molecule has 0 aromatic carbocycles. The van der Waals surface area contributed by atoms with Crippen LogP contribution in [0.3, 0.4) is 0 Å². The Bertz CT molecular complexity index is 361. The van der Waals surface area contributed by atoms with Crippen molar-refractivity contribution in [2.24, 2.45) is 0 Å². The molecule has 5 nitrogen and oxygen atoms in total. The Labute approximate surface area is 167 Å². The molecule has 0 heterocycles. The number of nitrogens with one attached hydrogen (secondary N) is 3. The van der Waals surface area contributed by atoms with Gasteiger partial charge < -0.3 is 16.0 Å². The molecule has 1 atom stereocenters. The van der Waals surface area contributed by atoms with Crippen LogP contribution < -0.4 is 16.0 Å². The molecular formula is C22H45N3O2. The van der Waals surface area contributed by atoms with Crippen molar-refractivity contribution in [3.05, 3.63) is 0 Å². The Balaban J connectivity index is 4.25. The number of carbonyl (C=O) groups excluding carboxylic acids is 2. The highest BCUT2D eigenvalue weighted by Crippen LogP contribution is 2.03. The molecule has 160 valence electrons. The molecule has 0 saturated heterocycles. The summed E-state index contributed by atoms with van der Waals surface area (Å²) in [5.41, 5.74) is 0. The molecule has 0 aromatic heterocycles. The van der Waals surface area contributed by atoms with Gasteiger partial charge >= 0.3 is 0 Å². The van der Waals surface area contributed by atoms with Crippen molar-refractivity contribution in [1.29, 1.82) is 0 Å². The fraction of sp³-hybridized carbons (Fsp3) is 0.909. The minimum absolute atomic E-state index is 0.00924. The maximum atomic E-state index is 12.5. The molecule has 0 spiro atoms. The Hall–Kier alpha value is -1.10. The summed E-state index contributed by atoms with van der Waals surface area (Å²) in [4.78, 5) is 24.7. The molecule has 0 saturated carbocycles. The van der Waals surface area contributed by atoms with E-state index in [4.69, 9.17) is 0 Å². The van der Waals surface area contributed by atoms with Crippen LogP contribution in [0.15, 0.2) is 0 Å². The lowest BCUT2D eigenvalue weighted by Crippen LogP contribution is -2.52. The molecule has 0 aliphatic carbocycles. The van der Waals surface area contributed by atoms with E-state index in [0.717, 1.165) is 51.5 Å². The summed E-state index contributed by atoms with van der Waals surface area (Å²) in [5.74, 6) is -0.0699. The quantitative estimate of drug-likeness (QED) is 0.291. The molecular weight excluding hydrogens is 338 g/mol. The van der Waals surface area contributed by atoms with E-state index in [1.165, 1.54) is 32.1 Å². The van der Waals surface area contributed by atoms with E-state index in [9.17, 15) is 9.59 Å². The van der Waals surface area contributed by atoms with Crippen molar-refractivity contribution in [3.8, 4) is 0 Å². The summed E-state index contributed by atoms with van der Waals surface area (Å²) in [6.07, 6.45) is 14.1. The van der Waals surface area contributed by atoms with E-state index in [1.54, 1.807) is 0 Å². The Kier molecular flexibility index (Phi) is 18.9. The van der Waals surface area contributed by atoms with E-state index in [-0.39, 0.29) is 11.8 Å². The van der Waals surface area contributed by atoms with Crippen molar-refractivity contribution >= 4 is 11.8 Å². The summed E-state index contributed by atoms with van der Waals surface area (Å²) >= 11 is 0. The van der Waals surface area contributed by atoms with Crippen LogP contribution >= 0.6 is 0 Å². The Morgan fingerprint density at radius 3 is 1.85 bits per heavy atom. The van der Waals surface area contributed by atoms with Gasteiger partial charge in [0.1, 0.15) is 6.04 Å². The van der Waals surface area contributed by atoms with Crippen molar-refractivity contribution in [3.63, 3.8) is 0 Å². The molecule has 0 aliphatic heterocycles. The molecule has 3 N–H and O–H groups in total. The van der Waals surface area contributed by atoms with Crippen LogP contribution in [0.2, 0.25) is 0 Å². The third-order valence-electron chi connectivity index (χ3n) is 4.79. The molecule has 0 fully saturated rings. The lowest BCUT2D eigenvalue weighted by molar-refractivity contribution is -0.129. The summed E-state index contributed by atoms with van der Waals surface area (Å²) in [6, 6.07) is -0.471. The first-order chi connectivity index (χ1) is 13.2. The van der Waals surface area contributed by atoms with Gasteiger partial charge in [-0.2, -0.15) is 0 Å². The Morgan fingerprint density at radius 1 is 0.704 bits per heavy atom. The molecule has 0 aliphatic rings. The molecule has 0 unspecified atom stereocenters. The van der Waals surface area contributed by atoms with Crippen LogP contribution in [0.4, 0.5) is 0 Å². The fourth-order valence-electron chi connectivity index (χ4n) is 3.00. The van der Waals surface area contributed by atoms with Gasteiger partial charge in [-0.25, -0.2) is 0 Å². The minimum atomic E-state index is -0.471. The average Bonchev–Trinajstić information content (AvgIpc) is 2.66. The van der Waals surface area contributed by atoms with Crippen LogP contribution in [-0.2, 0) is 9.59 Å². The monoisotopic (exact) mass is 383 g/mol. The van der Waals surface area contributed by atoms with Crippen LogP contribution in [0.1, 0.15) is 104 Å². The first-order valence-electron chi connectivity index (χ1n) is 11.4. The van der Waals surface area contributed by atoms with Gasteiger partial charge in [0.15, 0.2) is 0 Å². The third kappa shape index (κ3) is 16.8. The molecule has 5 heteroatoms. The highest BCUT2D eigenvalue weighted by atomic mass is 16.2. The van der Waals surface area contributed by atoms with Gasteiger partial charge in [-0.1, -0.05) is 78.6 Å². The molecule has 0 bridgehead atoms. The van der Waals surface area contributed by atoms with E-state index < -0.39 is 6.04 Å². The first kappa shape index (κ1) is 25.9. The summed E-state index contributed by atoms with van der Waals surface area (Å²) in [6.45, 7) is 8.63. The van der Waals surface area contributed by atoms with Gasteiger partial charge in [0, 0.05) is 19.5 Å².